The van der Waals surface area contributed by atoms with Gasteiger partial charge in [0.1, 0.15) is 0 Å². The predicted octanol–water partition coefficient (Wildman–Crippen LogP) is 3.46. The summed E-state index contributed by atoms with van der Waals surface area (Å²) in [4.78, 5) is 2.70. The average Bonchev–Trinajstić information content (AvgIpc) is 2.93. The first-order valence-electron chi connectivity index (χ1n) is 7.73. The molecule has 1 N–H and O–H groups in total. The van der Waals surface area contributed by atoms with Gasteiger partial charge in [-0.25, -0.2) is 0 Å². The fraction of sp³-hybridized carbons (Fsp3) is 0.647. The number of likely N-dealkylation sites (N-methyl/N-ethyl adjacent to an activating group) is 1. The Morgan fingerprint density at radius 2 is 2.00 bits per heavy atom. The number of nitrogens with one attached hydrogen (secondary N) is 1. The maximum absolute atomic E-state index is 3.51. The van der Waals surface area contributed by atoms with E-state index in [2.05, 4.69) is 61.3 Å². The monoisotopic (exact) mass is 260 g/mol. The minimum atomic E-state index is 0.566. The predicted molar refractivity (Wildman–Crippen MR) is 82.3 cm³/mol. The van der Waals surface area contributed by atoms with Crippen LogP contribution in [0.15, 0.2) is 30.3 Å². The Kier molecular flexibility index (Phi) is 5.41. The second-order valence-corrected chi connectivity index (χ2v) is 6.03. The van der Waals surface area contributed by atoms with Gasteiger partial charge in [0.15, 0.2) is 0 Å². The number of nitrogens with zero attached hydrogens (tertiary/aromatic N) is 1. The topological polar surface area (TPSA) is 15.3 Å². The van der Waals surface area contributed by atoms with E-state index >= 15 is 0 Å². The van der Waals surface area contributed by atoms with Crippen molar-refractivity contribution in [2.45, 2.75) is 45.7 Å². The van der Waals surface area contributed by atoms with Gasteiger partial charge >= 0.3 is 0 Å². The summed E-state index contributed by atoms with van der Waals surface area (Å²) in [6.07, 6.45) is 2.53. The van der Waals surface area contributed by atoms with Crippen molar-refractivity contribution in [3.8, 4) is 0 Å². The minimum absolute atomic E-state index is 0.566. The Morgan fingerprint density at radius 1 is 1.26 bits per heavy atom. The highest BCUT2D eigenvalue weighted by atomic mass is 15.2. The molecular formula is C17H28N2. The zero-order valence-electron chi connectivity index (χ0n) is 12.6. The highest BCUT2D eigenvalue weighted by Gasteiger charge is 2.28. The average molecular weight is 260 g/mol. The lowest BCUT2D eigenvalue weighted by Gasteiger charge is -2.36. The highest BCUT2D eigenvalue weighted by Crippen LogP contribution is 2.30. The van der Waals surface area contributed by atoms with Crippen LogP contribution >= 0.6 is 0 Å². The summed E-state index contributed by atoms with van der Waals surface area (Å²) in [7, 11) is 0. The third-order valence-electron chi connectivity index (χ3n) is 4.15. The quantitative estimate of drug-likeness (QED) is 0.842. The van der Waals surface area contributed by atoms with Crippen molar-refractivity contribution in [3.63, 3.8) is 0 Å². The summed E-state index contributed by atoms with van der Waals surface area (Å²) in [6, 6.07) is 12.3. The molecule has 106 valence electrons. The van der Waals surface area contributed by atoms with Crippen LogP contribution in [0.25, 0.3) is 0 Å². The Labute approximate surface area is 118 Å². The SMILES string of the molecule is CCN(C1CCNC1)C(CC(C)C)c1ccccc1. The van der Waals surface area contributed by atoms with Crippen molar-refractivity contribution >= 4 is 0 Å². The molecule has 1 heterocycles. The van der Waals surface area contributed by atoms with Gasteiger partial charge < -0.3 is 5.32 Å². The first-order chi connectivity index (χ1) is 9.22. The van der Waals surface area contributed by atoms with E-state index in [1.807, 2.05) is 0 Å². The first kappa shape index (κ1) is 14.5. The van der Waals surface area contributed by atoms with Crippen LogP contribution in [0.2, 0.25) is 0 Å². The molecule has 0 aromatic heterocycles. The van der Waals surface area contributed by atoms with Crippen LogP contribution in [-0.2, 0) is 0 Å². The van der Waals surface area contributed by atoms with E-state index in [0.717, 1.165) is 19.0 Å². The molecule has 1 fully saturated rings. The van der Waals surface area contributed by atoms with Crippen molar-refractivity contribution < 1.29 is 0 Å². The van der Waals surface area contributed by atoms with Crippen LogP contribution in [0.5, 0.6) is 0 Å². The van der Waals surface area contributed by atoms with Gasteiger partial charge in [-0.3, -0.25) is 4.90 Å². The molecular weight excluding hydrogens is 232 g/mol. The van der Waals surface area contributed by atoms with Gasteiger partial charge in [0.2, 0.25) is 0 Å². The van der Waals surface area contributed by atoms with Crippen molar-refractivity contribution in [1.82, 2.24) is 10.2 Å². The molecule has 2 unspecified atom stereocenters. The fourth-order valence-corrected chi connectivity index (χ4v) is 3.24. The second-order valence-electron chi connectivity index (χ2n) is 6.03. The van der Waals surface area contributed by atoms with Crippen LogP contribution < -0.4 is 5.32 Å². The standard InChI is InChI=1S/C17H28N2/c1-4-19(16-10-11-18-13-16)17(12-14(2)3)15-8-6-5-7-9-15/h5-9,14,16-18H,4,10-13H2,1-3H3. The summed E-state index contributed by atoms with van der Waals surface area (Å²) < 4.78 is 0. The van der Waals surface area contributed by atoms with Crippen LogP contribution in [0.3, 0.4) is 0 Å². The van der Waals surface area contributed by atoms with Gasteiger partial charge in [0, 0.05) is 18.6 Å². The van der Waals surface area contributed by atoms with E-state index in [1.54, 1.807) is 0 Å². The van der Waals surface area contributed by atoms with E-state index < -0.39 is 0 Å². The van der Waals surface area contributed by atoms with Gasteiger partial charge in [0.25, 0.3) is 0 Å². The van der Waals surface area contributed by atoms with Gasteiger partial charge in [-0.15, -0.1) is 0 Å². The van der Waals surface area contributed by atoms with E-state index in [0.29, 0.717) is 12.1 Å². The van der Waals surface area contributed by atoms with Crippen LogP contribution in [0, 0.1) is 5.92 Å². The molecule has 0 spiro atoms. The van der Waals surface area contributed by atoms with Gasteiger partial charge in [-0.05, 0) is 37.4 Å². The molecule has 0 aliphatic carbocycles. The lowest BCUT2D eigenvalue weighted by atomic mass is 9.94. The van der Waals surface area contributed by atoms with Crippen LogP contribution in [-0.4, -0.2) is 30.6 Å². The molecule has 1 aromatic rings. The molecule has 1 aliphatic heterocycles. The molecule has 2 rings (SSSR count). The van der Waals surface area contributed by atoms with Crippen molar-refractivity contribution in [1.29, 1.82) is 0 Å². The van der Waals surface area contributed by atoms with Crippen molar-refractivity contribution in [3.05, 3.63) is 35.9 Å². The van der Waals surface area contributed by atoms with Gasteiger partial charge in [0.05, 0.1) is 0 Å². The van der Waals surface area contributed by atoms with Crippen molar-refractivity contribution in [2.75, 3.05) is 19.6 Å². The molecule has 0 saturated carbocycles. The third-order valence-corrected chi connectivity index (χ3v) is 4.15. The smallest absolute Gasteiger partial charge is 0.0353 e. The number of rotatable bonds is 6. The van der Waals surface area contributed by atoms with E-state index in [9.17, 15) is 0 Å². The normalized spacial score (nSPS) is 21.2. The molecule has 1 aromatic carbocycles. The lowest BCUT2D eigenvalue weighted by molar-refractivity contribution is 0.133. The molecule has 1 saturated heterocycles. The maximum atomic E-state index is 3.51. The Morgan fingerprint density at radius 3 is 2.53 bits per heavy atom. The Balaban J connectivity index is 2.19. The molecule has 0 radical (unpaired) electrons. The fourth-order valence-electron chi connectivity index (χ4n) is 3.24. The maximum Gasteiger partial charge on any atom is 0.0353 e. The molecule has 0 bridgehead atoms. The number of hydrogen-bond acceptors (Lipinski definition) is 2. The summed E-state index contributed by atoms with van der Waals surface area (Å²) in [6.45, 7) is 10.4. The largest absolute Gasteiger partial charge is 0.315 e. The van der Waals surface area contributed by atoms with E-state index in [-0.39, 0.29) is 0 Å². The molecule has 1 aliphatic rings. The molecule has 2 heteroatoms. The van der Waals surface area contributed by atoms with Crippen LogP contribution in [0.4, 0.5) is 0 Å². The van der Waals surface area contributed by atoms with Crippen LogP contribution in [0.1, 0.15) is 45.2 Å². The first-order valence-corrected chi connectivity index (χ1v) is 7.73. The Bertz CT molecular complexity index is 355. The summed E-state index contributed by atoms with van der Waals surface area (Å²) in [5.41, 5.74) is 1.48. The number of benzene rings is 1. The van der Waals surface area contributed by atoms with Gasteiger partial charge in [-0.1, -0.05) is 51.1 Å². The molecule has 19 heavy (non-hydrogen) atoms. The van der Waals surface area contributed by atoms with E-state index in [4.69, 9.17) is 0 Å². The zero-order chi connectivity index (χ0) is 13.7. The zero-order valence-corrected chi connectivity index (χ0v) is 12.6. The molecule has 0 amide bonds. The summed E-state index contributed by atoms with van der Waals surface area (Å²) >= 11 is 0. The van der Waals surface area contributed by atoms with Gasteiger partial charge in [-0.2, -0.15) is 0 Å². The number of hydrogen-bond donors (Lipinski definition) is 1. The molecule has 2 atom stereocenters. The highest BCUT2D eigenvalue weighted by molar-refractivity contribution is 5.19. The lowest BCUT2D eigenvalue weighted by Crippen LogP contribution is -2.40. The van der Waals surface area contributed by atoms with E-state index in [1.165, 1.54) is 24.9 Å². The second kappa shape index (κ2) is 7.06. The Hall–Kier alpha value is -0.860. The third kappa shape index (κ3) is 3.80. The summed E-state index contributed by atoms with van der Waals surface area (Å²) in [5.74, 6) is 0.730. The summed E-state index contributed by atoms with van der Waals surface area (Å²) in [5, 5.41) is 3.51. The minimum Gasteiger partial charge on any atom is -0.315 e. The molecule has 2 nitrogen and oxygen atoms in total. The van der Waals surface area contributed by atoms with Crippen molar-refractivity contribution in [2.24, 2.45) is 5.92 Å².